The number of nitrogens with one attached hydrogen (secondary N) is 1. The van der Waals surface area contributed by atoms with Crippen LogP contribution in [-0.2, 0) is 16.8 Å². The summed E-state index contributed by atoms with van der Waals surface area (Å²) >= 11 is 3.40. The van der Waals surface area contributed by atoms with E-state index < -0.39 is 23.7 Å². The van der Waals surface area contributed by atoms with Crippen LogP contribution < -0.4 is 30.0 Å². The van der Waals surface area contributed by atoms with E-state index in [0.29, 0.717) is 40.6 Å². The molecule has 4 aromatic rings. The van der Waals surface area contributed by atoms with Gasteiger partial charge in [-0.3, -0.25) is 14.6 Å². The Balaban J connectivity index is 1.39. The normalized spacial score (nSPS) is 16.1. The highest BCUT2D eigenvalue weighted by atomic mass is 79.9. The van der Waals surface area contributed by atoms with Crippen LogP contribution in [0.2, 0.25) is 0 Å². The number of nitrogens with two attached hydrogens (primary N) is 1. The SMILES string of the molecule is CCOc1c(CC(N)=O)cc([C@@](O)(CNC(=O)c2cc(OC)c3ncc(Br)cc3c2)C2CC2)nc1-c1ccc2c(c1)OC(F)(F)O2. The van der Waals surface area contributed by atoms with Crippen LogP contribution in [0, 0.1) is 5.92 Å². The lowest BCUT2D eigenvalue weighted by molar-refractivity contribution is -0.286. The lowest BCUT2D eigenvalue weighted by atomic mass is 9.90. The lowest BCUT2D eigenvalue weighted by Gasteiger charge is -2.30. The van der Waals surface area contributed by atoms with Crippen LogP contribution >= 0.6 is 15.9 Å². The number of amides is 2. The summed E-state index contributed by atoms with van der Waals surface area (Å²) in [7, 11) is 1.48. The molecule has 6 rings (SSSR count). The summed E-state index contributed by atoms with van der Waals surface area (Å²) in [6, 6.07) is 10.7. The van der Waals surface area contributed by atoms with Crippen molar-refractivity contribution in [2.75, 3.05) is 20.3 Å². The van der Waals surface area contributed by atoms with Crippen LogP contribution in [-0.4, -0.2) is 53.4 Å². The summed E-state index contributed by atoms with van der Waals surface area (Å²) in [5.74, 6) is -1.18. The molecule has 1 fully saturated rings. The van der Waals surface area contributed by atoms with Crippen molar-refractivity contribution in [1.29, 1.82) is 0 Å². The zero-order valence-corrected chi connectivity index (χ0v) is 26.3. The summed E-state index contributed by atoms with van der Waals surface area (Å²) in [5, 5.41) is 15.7. The van der Waals surface area contributed by atoms with Crippen LogP contribution in [0.25, 0.3) is 22.2 Å². The third-order valence-corrected chi connectivity index (χ3v) is 8.22. The molecule has 2 aliphatic rings. The number of hydrogen-bond acceptors (Lipinski definition) is 9. The second-order valence-corrected chi connectivity index (χ2v) is 12.0. The molecule has 0 spiro atoms. The molecule has 4 N–H and O–H groups in total. The highest BCUT2D eigenvalue weighted by Crippen LogP contribution is 2.48. The van der Waals surface area contributed by atoms with E-state index in [1.807, 2.05) is 6.07 Å². The van der Waals surface area contributed by atoms with Crippen LogP contribution in [0.15, 0.2) is 53.1 Å². The van der Waals surface area contributed by atoms with Crippen molar-refractivity contribution in [3.8, 4) is 34.3 Å². The Hall–Kier alpha value is -4.56. The maximum absolute atomic E-state index is 13.8. The van der Waals surface area contributed by atoms with E-state index in [1.165, 1.54) is 31.4 Å². The Bertz CT molecular complexity index is 1870. The molecule has 14 heteroatoms. The monoisotopic (exact) mass is 698 g/mol. The standard InChI is InChI=1S/C32H29BrF2N4O7/c1-3-44-29-18(13-26(36)40)12-25(39-28(29)16-4-7-22-23(10-16)46-32(34,35)45-22)31(42,20-5-6-20)15-38-30(41)19-8-17-9-21(33)14-37-27(17)24(11-19)43-2/h4,7-12,14,20,42H,3,5-6,13,15H2,1-2H3,(H2,36,40)(H,38,41)/t31-/m1/s1. The minimum absolute atomic E-state index is 0.150. The molecule has 0 saturated heterocycles. The fraction of sp³-hybridized carbons (Fsp3) is 0.312. The number of carbonyl (C=O) groups excluding carboxylic acids is 2. The van der Waals surface area contributed by atoms with E-state index in [2.05, 4.69) is 35.7 Å². The molecule has 3 heterocycles. The summed E-state index contributed by atoms with van der Waals surface area (Å²) in [4.78, 5) is 34.7. The first kappa shape index (κ1) is 31.4. The second-order valence-electron chi connectivity index (χ2n) is 11.0. The Labute approximate surface area is 270 Å². The van der Waals surface area contributed by atoms with Crippen LogP contribution in [0.3, 0.4) is 0 Å². The van der Waals surface area contributed by atoms with Gasteiger partial charge in [0.2, 0.25) is 5.91 Å². The summed E-state index contributed by atoms with van der Waals surface area (Å²) < 4.78 is 48.8. The van der Waals surface area contributed by atoms with E-state index in [4.69, 9.17) is 20.2 Å². The van der Waals surface area contributed by atoms with Crippen LogP contribution in [0.1, 0.15) is 41.4 Å². The number of aliphatic hydroxyl groups is 1. The third kappa shape index (κ3) is 6.14. The number of carbonyl (C=O) groups is 2. The largest absolute Gasteiger partial charge is 0.586 e. The number of fused-ring (bicyclic) bond motifs is 2. The number of methoxy groups -OCH3 is 1. The fourth-order valence-corrected chi connectivity index (χ4v) is 5.87. The van der Waals surface area contributed by atoms with Crippen molar-refractivity contribution in [2.24, 2.45) is 11.7 Å². The Kier molecular flexibility index (Phi) is 8.19. The van der Waals surface area contributed by atoms with Gasteiger partial charge in [-0.25, -0.2) is 4.98 Å². The minimum atomic E-state index is -3.83. The molecule has 1 atom stereocenters. The maximum Gasteiger partial charge on any atom is 0.586 e. The molecule has 1 aliphatic heterocycles. The van der Waals surface area contributed by atoms with E-state index in [1.54, 1.807) is 25.3 Å². The summed E-state index contributed by atoms with van der Waals surface area (Å²) in [5.41, 5.74) is 5.73. The van der Waals surface area contributed by atoms with E-state index in [9.17, 15) is 23.5 Å². The molecule has 11 nitrogen and oxygen atoms in total. The number of alkyl halides is 2. The summed E-state index contributed by atoms with van der Waals surface area (Å²) in [6.45, 7) is 1.70. The average molecular weight is 700 g/mol. The molecule has 46 heavy (non-hydrogen) atoms. The van der Waals surface area contributed by atoms with Crippen molar-refractivity contribution >= 4 is 38.6 Å². The Morgan fingerprint density at radius 3 is 2.63 bits per heavy atom. The number of nitrogens with zero attached hydrogens (tertiary/aromatic N) is 2. The third-order valence-electron chi connectivity index (χ3n) is 7.79. The van der Waals surface area contributed by atoms with Gasteiger partial charge in [0, 0.05) is 32.7 Å². The molecule has 2 aromatic heterocycles. The van der Waals surface area contributed by atoms with Gasteiger partial charge in [0.1, 0.15) is 28.3 Å². The van der Waals surface area contributed by atoms with Crippen molar-refractivity contribution in [1.82, 2.24) is 15.3 Å². The zero-order chi connectivity index (χ0) is 32.8. The minimum Gasteiger partial charge on any atom is -0.494 e. The molecule has 1 saturated carbocycles. The van der Waals surface area contributed by atoms with Gasteiger partial charge in [-0.15, -0.1) is 8.78 Å². The molecule has 0 radical (unpaired) electrons. The maximum atomic E-state index is 13.8. The summed E-state index contributed by atoms with van der Waals surface area (Å²) in [6.07, 6.45) is -1.14. The van der Waals surface area contributed by atoms with Gasteiger partial charge in [-0.2, -0.15) is 0 Å². The molecule has 1 aliphatic carbocycles. The van der Waals surface area contributed by atoms with Crippen molar-refractivity contribution in [3.05, 3.63) is 70.0 Å². The van der Waals surface area contributed by atoms with Gasteiger partial charge in [-0.05, 0) is 84.1 Å². The fourth-order valence-electron chi connectivity index (χ4n) is 5.52. The van der Waals surface area contributed by atoms with E-state index in [0.717, 1.165) is 4.47 Å². The first-order chi connectivity index (χ1) is 21.9. The van der Waals surface area contributed by atoms with Gasteiger partial charge in [-0.1, -0.05) is 0 Å². The molecular formula is C32H29BrF2N4O7. The number of benzene rings is 2. The number of primary amides is 1. The van der Waals surface area contributed by atoms with Gasteiger partial charge >= 0.3 is 6.29 Å². The van der Waals surface area contributed by atoms with Crippen molar-refractivity contribution in [2.45, 2.75) is 38.1 Å². The lowest BCUT2D eigenvalue weighted by Crippen LogP contribution is -2.43. The van der Waals surface area contributed by atoms with Gasteiger partial charge in [0.05, 0.1) is 32.4 Å². The van der Waals surface area contributed by atoms with Crippen molar-refractivity contribution < 1.29 is 42.4 Å². The topological polar surface area (TPSA) is 155 Å². The van der Waals surface area contributed by atoms with Crippen LogP contribution in [0.5, 0.6) is 23.0 Å². The molecule has 240 valence electrons. The number of halogens is 3. The van der Waals surface area contributed by atoms with Gasteiger partial charge in [0.25, 0.3) is 5.91 Å². The highest BCUT2D eigenvalue weighted by Gasteiger charge is 2.47. The predicted molar refractivity (Wildman–Crippen MR) is 165 cm³/mol. The average Bonchev–Trinajstić information content (AvgIpc) is 3.82. The first-order valence-electron chi connectivity index (χ1n) is 14.4. The Morgan fingerprint density at radius 1 is 1.17 bits per heavy atom. The number of aromatic nitrogens is 2. The Morgan fingerprint density at radius 2 is 1.93 bits per heavy atom. The van der Waals surface area contributed by atoms with Gasteiger partial charge < -0.3 is 35.1 Å². The smallest absolute Gasteiger partial charge is 0.494 e. The van der Waals surface area contributed by atoms with Gasteiger partial charge in [0.15, 0.2) is 11.5 Å². The predicted octanol–water partition coefficient (Wildman–Crippen LogP) is 4.84. The van der Waals surface area contributed by atoms with Crippen molar-refractivity contribution in [3.63, 3.8) is 0 Å². The quantitative estimate of drug-likeness (QED) is 0.200. The van der Waals surface area contributed by atoms with Crippen LogP contribution in [0.4, 0.5) is 8.78 Å². The zero-order valence-electron chi connectivity index (χ0n) is 24.7. The number of ether oxygens (including phenoxy) is 4. The number of hydrogen-bond donors (Lipinski definition) is 3. The highest BCUT2D eigenvalue weighted by molar-refractivity contribution is 9.10. The van der Waals surface area contributed by atoms with E-state index >= 15 is 0 Å². The molecule has 0 bridgehead atoms. The number of rotatable bonds is 11. The molecule has 2 aromatic carbocycles. The van der Waals surface area contributed by atoms with E-state index in [-0.39, 0.29) is 59.7 Å². The number of pyridine rings is 2. The molecule has 2 amide bonds. The molecular weight excluding hydrogens is 670 g/mol. The molecule has 0 unspecified atom stereocenters. The first-order valence-corrected chi connectivity index (χ1v) is 15.2. The second kappa shape index (κ2) is 12.0.